The fourth-order valence-corrected chi connectivity index (χ4v) is 2.13. The molecule has 0 saturated heterocycles. The maximum Gasteiger partial charge on any atom is 0.134 e. The topological polar surface area (TPSA) is 12.9 Å². The zero-order valence-corrected chi connectivity index (χ0v) is 10.1. The van der Waals surface area contributed by atoms with Gasteiger partial charge in [0, 0.05) is 5.69 Å². The Hall–Kier alpha value is -1.15. The summed E-state index contributed by atoms with van der Waals surface area (Å²) in [6, 6.07) is 4.93. The summed E-state index contributed by atoms with van der Waals surface area (Å²) in [5.41, 5.74) is 2.56. The molecule has 0 aliphatic carbocycles. The quantitative estimate of drug-likeness (QED) is 0.759. The van der Waals surface area contributed by atoms with Crippen LogP contribution in [0.25, 0.3) is 10.9 Å². The number of fused-ring (bicyclic) bond motifs is 1. The van der Waals surface area contributed by atoms with Crippen molar-refractivity contribution in [3.8, 4) is 0 Å². The van der Waals surface area contributed by atoms with Gasteiger partial charge in [0.1, 0.15) is 5.82 Å². The number of benzene rings is 1. The van der Waals surface area contributed by atoms with Crippen LogP contribution < -0.4 is 0 Å². The standard InChI is InChI=1S/C13H13ClFN/c1-3-4-9-7-10(14)12-11(15)6-5-8(2)13(12)16-9/h5-7H,3-4H2,1-2H3. The highest BCUT2D eigenvalue weighted by Crippen LogP contribution is 2.28. The number of hydrogen-bond acceptors (Lipinski definition) is 1. The van der Waals surface area contributed by atoms with Crippen LogP contribution in [0.3, 0.4) is 0 Å². The molecule has 0 aliphatic heterocycles. The first-order valence-electron chi connectivity index (χ1n) is 5.37. The Morgan fingerprint density at radius 3 is 2.81 bits per heavy atom. The lowest BCUT2D eigenvalue weighted by Crippen LogP contribution is -1.94. The van der Waals surface area contributed by atoms with Gasteiger partial charge in [-0.2, -0.15) is 0 Å². The third-order valence-electron chi connectivity index (χ3n) is 2.62. The number of rotatable bonds is 2. The highest BCUT2D eigenvalue weighted by atomic mass is 35.5. The molecule has 1 aromatic carbocycles. The molecule has 0 unspecified atom stereocenters. The monoisotopic (exact) mass is 237 g/mol. The van der Waals surface area contributed by atoms with Crippen molar-refractivity contribution in [2.45, 2.75) is 26.7 Å². The Bertz CT molecular complexity index is 537. The van der Waals surface area contributed by atoms with Crippen LogP contribution in [0, 0.1) is 12.7 Å². The predicted molar refractivity (Wildman–Crippen MR) is 65.4 cm³/mol. The third kappa shape index (κ3) is 1.90. The normalized spacial score (nSPS) is 11.0. The number of nitrogens with zero attached hydrogens (tertiary/aromatic N) is 1. The van der Waals surface area contributed by atoms with Gasteiger partial charge in [0.2, 0.25) is 0 Å². The zero-order chi connectivity index (χ0) is 11.7. The number of hydrogen-bond donors (Lipinski definition) is 0. The minimum absolute atomic E-state index is 0.304. The van der Waals surface area contributed by atoms with E-state index in [0.717, 1.165) is 24.1 Å². The van der Waals surface area contributed by atoms with Crippen molar-refractivity contribution in [1.82, 2.24) is 4.98 Å². The third-order valence-corrected chi connectivity index (χ3v) is 2.92. The van der Waals surface area contributed by atoms with Gasteiger partial charge in [-0.3, -0.25) is 4.98 Å². The Morgan fingerprint density at radius 1 is 1.38 bits per heavy atom. The second kappa shape index (κ2) is 4.38. The molecule has 0 saturated carbocycles. The molecule has 16 heavy (non-hydrogen) atoms. The van der Waals surface area contributed by atoms with Gasteiger partial charge < -0.3 is 0 Å². The van der Waals surface area contributed by atoms with Gasteiger partial charge >= 0.3 is 0 Å². The van der Waals surface area contributed by atoms with Crippen LogP contribution in [0.5, 0.6) is 0 Å². The molecule has 0 N–H and O–H groups in total. The summed E-state index contributed by atoms with van der Waals surface area (Å²) in [4.78, 5) is 4.46. The molecular formula is C13H13ClFN. The highest BCUT2D eigenvalue weighted by Gasteiger charge is 2.10. The van der Waals surface area contributed by atoms with Crippen molar-refractivity contribution in [2.75, 3.05) is 0 Å². The lowest BCUT2D eigenvalue weighted by Gasteiger charge is -2.07. The van der Waals surface area contributed by atoms with Crippen LogP contribution in [0.15, 0.2) is 18.2 Å². The van der Waals surface area contributed by atoms with Gasteiger partial charge in [0.25, 0.3) is 0 Å². The fraction of sp³-hybridized carbons (Fsp3) is 0.308. The van der Waals surface area contributed by atoms with E-state index < -0.39 is 0 Å². The number of aryl methyl sites for hydroxylation is 2. The summed E-state index contributed by atoms with van der Waals surface area (Å²) in [5.74, 6) is -0.304. The summed E-state index contributed by atoms with van der Waals surface area (Å²) in [7, 11) is 0. The lowest BCUT2D eigenvalue weighted by atomic mass is 10.1. The van der Waals surface area contributed by atoms with E-state index in [0.29, 0.717) is 15.9 Å². The van der Waals surface area contributed by atoms with Crippen LogP contribution >= 0.6 is 11.6 Å². The predicted octanol–water partition coefficient (Wildman–Crippen LogP) is 4.29. The summed E-state index contributed by atoms with van der Waals surface area (Å²) < 4.78 is 13.6. The molecule has 0 spiro atoms. The minimum Gasteiger partial charge on any atom is -0.252 e. The first-order valence-corrected chi connectivity index (χ1v) is 5.75. The second-order valence-electron chi connectivity index (χ2n) is 3.93. The molecule has 0 atom stereocenters. The molecule has 1 aromatic heterocycles. The maximum atomic E-state index is 13.6. The molecule has 0 bridgehead atoms. The van der Waals surface area contributed by atoms with Crippen LogP contribution in [0.4, 0.5) is 4.39 Å². The lowest BCUT2D eigenvalue weighted by molar-refractivity contribution is 0.639. The number of aromatic nitrogens is 1. The van der Waals surface area contributed by atoms with E-state index in [1.54, 1.807) is 12.1 Å². The Kier molecular flexibility index (Phi) is 3.10. The summed E-state index contributed by atoms with van der Waals surface area (Å²) >= 11 is 6.10. The fourth-order valence-electron chi connectivity index (χ4n) is 1.82. The summed E-state index contributed by atoms with van der Waals surface area (Å²) in [5, 5.41) is 0.885. The highest BCUT2D eigenvalue weighted by molar-refractivity contribution is 6.35. The van der Waals surface area contributed by atoms with Crippen molar-refractivity contribution >= 4 is 22.5 Å². The van der Waals surface area contributed by atoms with Gasteiger partial charge in [-0.05, 0) is 31.0 Å². The van der Waals surface area contributed by atoms with Crippen LogP contribution in [-0.4, -0.2) is 4.98 Å². The largest absolute Gasteiger partial charge is 0.252 e. The molecule has 1 heterocycles. The SMILES string of the molecule is CCCc1cc(Cl)c2c(F)ccc(C)c2n1. The van der Waals surface area contributed by atoms with Crippen molar-refractivity contribution in [3.05, 3.63) is 40.3 Å². The van der Waals surface area contributed by atoms with Gasteiger partial charge in [0.05, 0.1) is 15.9 Å². The van der Waals surface area contributed by atoms with Crippen molar-refractivity contribution in [1.29, 1.82) is 0 Å². The average Bonchev–Trinajstić information content (AvgIpc) is 2.23. The number of pyridine rings is 1. The minimum atomic E-state index is -0.304. The summed E-state index contributed by atoms with van der Waals surface area (Å²) in [6.07, 6.45) is 1.87. The molecule has 2 rings (SSSR count). The van der Waals surface area contributed by atoms with Crippen LogP contribution in [0.1, 0.15) is 24.6 Å². The Morgan fingerprint density at radius 2 is 2.12 bits per heavy atom. The van der Waals surface area contributed by atoms with E-state index in [1.165, 1.54) is 6.07 Å². The first-order chi connectivity index (χ1) is 7.63. The van der Waals surface area contributed by atoms with E-state index >= 15 is 0 Å². The Balaban J connectivity index is 2.76. The van der Waals surface area contributed by atoms with Crippen molar-refractivity contribution in [3.63, 3.8) is 0 Å². The average molecular weight is 238 g/mol. The van der Waals surface area contributed by atoms with Crippen LogP contribution in [0.2, 0.25) is 5.02 Å². The molecule has 0 aliphatic rings. The van der Waals surface area contributed by atoms with E-state index in [2.05, 4.69) is 11.9 Å². The molecule has 2 aromatic rings. The maximum absolute atomic E-state index is 13.6. The zero-order valence-electron chi connectivity index (χ0n) is 9.35. The van der Waals surface area contributed by atoms with E-state index in [-0.39, 0.29) is 5.82 Å². The van der Waals surface area contributed by atoms with Gasteiger partial charge in [-0.25, -0.2) is 4.39 Å². The van der Waals surface area contributed by atoms with Crippen molar-refractivity contribution < 1.29 is 4.39 Å². The molecule has 84 valence electrons. The van der Waals surface area contributed by atoms with Crippen molar-refractivity contribution in [2.24, 2.45) is 0 Å². The second-order valence-corrected chi connectivity index (χ2v) is 4.34. The Labute approximate surface area is 99.3 Å². The first kappa shape index (κ1) is 11.3. The van der Waals surface area contributed by atoms with E-state index in [1.807, 2.05) is 6.92 Å². The molecule has 1 nitrogen and oxygen atoms in total. The molecule has 3 heteroatoms. The molecule has 0 radical (unpaired) electrons. The number of halogens is 2. The van der Waals surface area contributed by atoms with Crippen LogP contribution in [-0.2, 0) is 6.42 Å². The van der Waals surface area contributed by atoms with Gasteiger partial charge in [0.15, 0.2) is 0 Å². The van der Waals surface area contributed by atoms with Gasteiger partial charge in [-0.15, -0.1) is 0 Å². The van der Waals surface area contributed by atoms with E-state index in [4.69, 9.17) is 11.6 Å². The summed E-state index contributed by atoms with van der Waals surface area (Å²) in [6.45, 7) is 4.00. The molecule has 0 fully saturated rings. The van der Waals surface area contributed by atoms with Gasteiger partial charge in [-0.1, -0.05) is 31.0 Å². The molecular weight excluding hydrogens is 225 g/mol. The smallest absolute Gasteiger partial charge is 0.134 e. The van der Waals surface area contributed by atoms with E-state index in [9.17, 15) is 4.39 Å². The molecule has 0 amide bonds.